The van der Waals surface area contributed by atoms with E-state index in [1.807, 2.05) is 36.9 Å². The molecule has 4 aliphatic carbocycles. The van der Waals surface area contributed by atoms with Crippen molar-refractivity contribution in [2.24, 2.45) is 28.9 Å². The number of hydrogen-bond acceptors (Lipinski definition) is 4. The van der Waals surface area contributed by atoms with Crippen LogP contribution in [0.4, 0.5) is 4.79 Å². The summed E-state index contributed by atoms with van der Waals surface area (Å²) >= 11 is 0. The number of nitrogens with zero attached hydrogens (tertiary/aromatic N) is 1. The molecule has 32 heavy (non-hydrogen) atoms. The van der Waals surface area contributed by atoms with E-state index < -0.39 is 5.60 Å². The lowest BCUT2D eigenvalue weighted by molar-refractivity contribution is -0.161. The summed E-state index contributed by atoms with van der Waals surface area (Å²) in [5, 5.41) is 10.6. The van der Waals surface area contributed by atoms with Crippen molar-refractivity contribution in [2.75, 3.05) is 13.1 Å². The van der Waals surface area contributed by atoms with Crippen LogP contribution in [0.3, 0.4) is 0 Å². The van der Waals surface area contributed by atoms with Gasteiger partial charge in [0, 0.05) is 18.5 Å². The summed E-state index contributed by atoms with van der Waals surface area (Å²) in [6.07, 6.45) is 5.56. The highest BCUT2D eigenvalue weighted by Gasteiger charge is 2.59. The molecule has 4 bridgehead atoms. The maximum atomic E-state index is 13.3. The molecule has 6 nitrogen and oxygen atoms in total. The van der Waals surface area contributed by atoms with Crippen LogP contribution in [0, 0.1) is 23.2 Å². The van der Waals surface area contributed by atoms with Gasteiger partial charge in [-0.1, -0.05) is 30.3 Å². The highest BCUT2D eigenvalue weighted by Crippen LogP contribution is 2.60. The first-order chi connectivity index (χ1) is 15.1. The number of benzene rings is 1. The molecule has 1 saturated heterocycles. The first-order valence-electron chi connectivity index (χ1n) is 12.1. The predicted octanol–water partition coefficient (Wildman–Crippen LogP) is 3.61. The standard InChI is InChI=1S/C26H36N2O4/c1-24(2,31)15-25(20-6-4-3-5-7-20)8-9-28(16-25)23(30)32-21-18-10-17-11-19(21)14-26(12-17,13-18)22(27)29/h3-7,17-19,21,31H,8-16H2,1-2H3,(H2,27,29)/t17?,18-,19?,21?,25?,26?/m0/s1. The SMILES string of the molecule is CC(C)(O)CC1(c2ccccc2)CCN(C(=O)OC2C3CC4C[C@H]2CC(C(N)=O)(C4)C3)C1. The summed E-state index contributed by atoms with van der Waals surface area (Å²) < 4.78 is 6.17. The van der Waals surface area contributed by atoms with E-state index in [1.165, 1.54) is 0 Å². The molecule has 1 aromatic carbocycles. The Hall–Kier alpha value is -2.08. The van der Waals surface area contributed by atoms with E-state index in [0.29, 0.717) is 25.4 Å². The Kier molecular flexibility index (Phi) is 5.08. The van der Waals surface area contributed by atoms with Crippen molar-refractivity contribution in [3.05, 3.63) is 35.9 Å². The number of nitrogens with two attached hydrogens (primary N) is 1. The minimum absolute atomic E-state index is 0.104. The number of carbonyl (C=O) groups is 2. The van der Waals surface area contributed by atoms with Crippen LogP contribution in [0.1, 0.15) is 64.4 Å². The van der Waals surface area contributed by atoms with E-state index in [2.05, 4.69) is 12.1 Å². The summed E-state index contributed by atoms with van der Waals surface area (Å²) in [4.78, 5) is 27.3. The second-order valence-corrected chi connectivity index (χ2v) is 11.8. The second kappa shape index (κ2) is 7.47. The van der Waals surface area contributed by atoms with Crippen molar-refractivity contribution in [3.63, 3.8) is 0 Å². The minimum Gasteiger partial charge on any atom is -0.446 e. The van der Waals surface area contributed by atoms with Crippen LogP contribution < -0.4 is 5.73 Å². The van der Waals surface area contributed by atoms with Gasteiger partial charge in [0.15, 0.2) is 0 Å². The number of amides is 2. The van der Waals surface area contributed by atoms with Gasteiger partial charge >= 0.3 is 6.09 Å². The molecule has 5 fully saturated rings. The largest absolute Gasteiger partial charge is 0.446 e. The lowest BCUT2D eigenvalue weighted by Crippen LogP contribution is -2.59. The highest BCUT2D eigenvalue weighted by atomic mass is 16.6. The van der Waals surface area contributed by atoms with Gasteiger partial charge in [0.2, 0.25) is 5.91 Å². The number of ether oxygens (including phenoxy) is 1. The van der Waals surface area contributed by atoms with Gasteiger partial charge in [-0.2, -0.15) is 0 Å². The van der Waals surface area contributed by atoms with Crippen LogP contribution in [-0.2, 0) is 14.9 Å². The number of carbonyl (C=O) groups excluding carboxylic acids is 2. The van der Waals surface area contributed by atoms with E-state index >= 15 is 0 Å². The normalized spacial score (nSPS) is 38.2. The average molecular weight is 441 g/mol. The molecule has 2 amide bonds. The molecule has 6 heteroatoms. The maximum Gasteiger partial charge on any atom is 0.410 e. The summed E-state index contributed by atoms with van der Waals surface area (Å²) in [5.41, 5.74) is 5.48. The Balaban J connectivity index is 1.30. The first kappa shape index (κ1) is 21.7. The molecule has 174 valence electrons. The average Bonchev–Trinajstić information content (AvgIpc) is 3.14. The molecule has 1 aromatic rings. The topological polar surface area (TPSA) is 92.9 Å². The zero-order valence-corrected chi connectivity index (χ0v) is 19.3. The molecule has 5 unspecified atom stereocenters. The molecule has 1 aliphatic heterocycles. The van der Waals surface area contributed by atoms with Crippen molar-refractivity contribution >= 4 is 12.0 Å². The third-order valence-corrected chi connectivity index (χ3v) is 8.72. The molecule has 0 aromatic heterocycles. The van der Waals surface area contributed by atoms with Crippen LogP contribution in [0.25, 0.3) is 0 Å². The lowest BCUT2D eigenvalue weighted by Gasteiger charge is -2.58. The van der Waals surface area contributed by atoms with Crippen molar-refractivity contribution in [1.82, 2.24) is 4.90 Å². The lowest BCUT2D eigenvalue weighted by atomic mass is 9.48. The van der Waals surface area contributed by atoms with E-state index in [1.54, 1.807) is 0 Å². The Bertz CT molecular complexity index is 879. The van der Waals surface area contributed by atoms with E-state index in [0.717, 1.165) is 44.1 Å². The molecule has 6 rings (SSSR count). The fourth-order valence-electron chi connectivity index (χ4n) is 7.79. The minimum atomic E-state index is -0.833. The van der Waals surface area contributed by atoms with Gasteiger partial charge in [0.1, 0.15) is 6.10 Å². The van der Waals surface area contributed by atoms with Gasteiger partial charge in [-0.25, -0.2) is 4.79 Å². The Labute approximate surface area is 190 Å². The number of primary amides is 1. The Morgan fingerprint density at radius 1 is 1.16 bits per heavy atom. The molecule has 1 heterocycles. The molecule has 3 N–H and O–H groups in total. The summed E-state index contributed by atoms with van der Waals surface area (Å²) in [5.74, 6) is 0.867. The van der Waals surface area contributed by atoms with Gasteiger partial charge < -0.3 is 20.5 Å². The number of hydrogen-bond donors (Lipinski definition) is 2. The smallest absolute Gasteiger partial charge is 0.410 e. The van der Waals surface area contributed by atoms with E-state index in [4.69, 9.17) is 10.5 Å². The molecule has 0 radical (unpaired) electrons. The van der Waals surface area contributed by atoms with Crippen LogP contribution in [0.15, 0.2) is 30.3 Å². The highest BCUT2D eigenvalue weighted by molar-refractivity contribution is 5.81. The second-order valence-electron chi connectivity index (χ2n) is 11.8. The number of aliphatic hydroxyl groups is 1. The van der Waals surface area contributed by atoms with Gasteiger partial charge in [-0.05, 0) is 82.1 Å². The predicted molar refractivity (Wildman–Crippen MR) is 121 cm³/mol. The van der Waals surface area contributed by atoms with Crippen molar-refractivity contribution < 1.29 is 19.4 Å². The molecular weight excluding hydrogens is 404 g/mol. The molecular formula is C26H36N2O4. The number of likely N-dealkylation sites (tertiary alicyclic amines) is 1. The summed E-state index contributed by atoms with van der Waals surface area (Å²) in [7, 11) is 0. The summed E-state index contributed by atoms with van der Waals surface area (Å²) in [6, 6.07) is 10.2. The zero-order chi connectivity index (χ0) is 22.7. The van der Waals surface area contributed by atoms with Crippen molar-refractivity contribution in [2.45, 2.75) is 75.9 Å². The van der Waals surface area contributed by atoms with Crippen molar-refractivity contribution in [1.29, 1.82) is 0 Å². The molecule has 6 atom stereocenters. The van der Waals surface area contributed by atoms with Crippen molar-refractivity contribution in [3.8, 4) is 0 Å². The Morgan fingerprint density at radius 3 is 2.41 bits per heavy atom. The third-order valence-electron chi connectivity index (χ3n) is 8.72. The van der Waals surface area contributed by atoms with Crippen LogP contribution in [0.5, 0.6) is 0 Å². The van der Waals surface area contributed by atoms with Gasteiger partial charge in [0.25, 0.3) is 0 Å². The third kappa shape index (κ3) is 3.70. The van der Waals surface area contributed by atoms with Crippen LogP contribution in [-0.4, -0.2) is 46.8 Å². The Morgan fingerprint density at radius 2 is 1.81 bits per heavy atom. The van der Waals surface area contributed by atoms with Crippen LogP contribution >= 0.6 is 0 Å². The molecule has 0 spiro atoms. The van der Waals surface area contributed by atoms with Crippen LogP contribution in [0.2, 0.25) is 0 Å². The monoisotopic (exact) mass is 440 g/mol. The zero-order valence-electron chi connectivity index (χ0n) is 19.3. The maximum absolute atomic E-state index is 13.3. The van der Waals surface area contributed by atoms with Gasteiger partial charge in [-0.15, -0.1) is 0 Å². The molecule has 4 saturated carbocycles. The molecule has 5 aliphatic rings. The number of rotatable bonds is 5. The first-order valence-corrected chi connectivity index (χ1v) is 12.1. The fourth-order valence-corrected chi connectivity index (χ4v) is 7.79. The summed E-state index contributed by atoms with van der Waals surface area (Å²) in [6.45, 7) is 4.85. The van der Waals surface area contributed by atoms with E-state index in [9.17, 15) is 14.7 Å². The quantitative estimate of drug-likeness (QED) is 0.732. The van der Waals surface area contributed by atoms with Gasteiger partial charge in [0.05, 0.1) is 11.0 Å². The fraction of sp³-hybridized carbons (Fsp3) is 0.692. The van der Waals surface area contributed by atoms with Gasteiger partial charge in [-0.3, -0.25) is 4.79 Å². The van der Waals surface area contributed by atoms with E-state index in [-0.39, 0.29) is 40.8 Å².